The van der Waals surface area contributed by atoms with E-state index in [1.165, 1.54) is 0 Å². The van der Waals surface area contributed by atoms with Gasteiger partial charge in [-0.05, 0) is 18.6 Å². The third kappa shape index (κ3) is 3.74. The van der Waals surface area contributed by atoms with Gasteiger partial charge in [0.2, 0.25) is 5.95 Å². The lowest BCUT2D eigenvalue weighted by atomic mass is 10.1. The number of benzene rings is 2. The van der Waals surface area contributed by atoms with E-state index in [0.717, 1.165) is 30.8 Å². The zero-order valence-corrected chi connectivity index (χ0v) is 16.6. The summed E-state index contributed by atoms with van der Waals surface area (Å²) >= 11 is 0. The molecule has 4 aromatic rings. The number of anilines is 2. The number of unbranched alkanes of at least 4 members (excludes halogenated alkanes) is 1. The van der Waals surface area contributed by atoms with Gasteiger partial charge in [-0.3, -0.25) is 4.79 Å². The Morgan fingerprint density at radius 3 is 2.38 bits per heavy atom. The Bertz CT molecular complexity index is 1120. The molecule has 0 aliphatic heterocycles. The number of carbonyl (C=O) groups excluding carboxylic acids is 1. The maximum atomic E-state index is 13.1. The normalized spacial score (nSPS) is 11.0. The van der Waals surface area contributed by atoms with Crippen molar-refractivity contribution in [3.05, 3.63) is 83.8 Å². The predicted molar refractivity (Wildman–Crippen MR) is 114 cm³/mol. The molecule has 2 aromatic heterocycles. The zero-order valence-electron chi connectivity index (χ0n) is 16.6. The van der Waals surface area contributed by atoms with E-state index in [9.17, 15) is 4.79 Å². The van der Waals surface area contributed by atoms with Gasteiger partial charge in [0.25, 0.3) is 0 Å². The fraction of sp³-hybridized carbons (Fsp3) is 0.217. The highest BCUT2D eigenvalue weighted by Crippen LogP contribution is 2.24. The highest BCUT2D eigenvalue weighted by atomic mass is 16.1. The topological polar surface area (TPSA) is 63.4 Å². The summed E-state index contributed by atoms with van der Waals surface area (Å²) in [5.41, 5.74) is 2.63. The largest absolute Gasteiger partial charge is 0.313 e. The van der Waals surface area contributed by atoms with Crippen LogP contribution in [0.25, 0.3) is 5.65 Å². The van der Waals surface area contributed by atoms with Gasteiger partial charge in [-0.15, -0.1) is 0 Å². The second kappa shape index (κ2) is 8.22. The molecule has 0 amide bonds. The maximum Gasteiger partial charge on any atom is 0.234 e. The molecule has 0 radical (unpaired) electrons. The van der Waals surface area contributed by atoms with Crippen LogP contribution in [0.15, 0.2) is 66.9 Å². The first kappa shape index (κ1) is 18.8. The van der Waals surface area contributed by atoms with Crippen LogP contribution in [0, 0.1) is 0 Å². The Kier molecular flexibility index (Phi) is 5.33. The van der Waals surface area contributed by atoms with E-state index in [4.69, 9.17) is 9.97 Å². The first-order chi connectivity index (χ1) is 14.2. The minimum absolute atomic E-state index is 0.0888. The number of hydrogen-bond acceptors (Lipinski definition) is 5. The summed E-state index contributed by atoms with van der Waals surface area (Å²) in [6.07, 6.45) is 4.38. The van der Waals surface area contributed by atoms with Crippen LogP contribution in [0.4, 0.5) is 11.6 Å². The molecular weight excluding hydrogens is 362 g/mol. The average Bonchev–Trinajstić information content (AvgIpc) is 3.21. The van der Waals surface area contributed by atoms with E-state index in [1.807, 2.05) is 72.6 Å². The van der Waals surface area contributed by atoms with Crippen molar-refractivity contribution in [2.24, 2.45) is 0 Å². The summed E-state index contributed by atoms with van der Waals surface area (Å²) in [4.78, 5) is 24.5. The van der Waals surface area contributed by atoms with Crippen LogP contribution in [-0.2, 0) is 6.42 Å². The number of aromatic nitrogens is 4. The van der Waals surface area contributed by atoms with Crippen LogP contribution in [-0.4, -0.2) is 32.4 Å². The minimum Gasteiger partial charge on any atom is -0.313 e. The van der Waals surface area contributed by atoms with Gasteiger partial charge in [-0.2, -0.15) is 14.6 Å². The summed E-state index contributed by atoms with van der Waals surface area (Å²) in [6, 6.07) is 19.2. The second-order valence-electron chi connectivity index (χ2n) is 6.93. The fourth-order valence-corrected chi connectivity index (χ4v) is 3.24. The standard InChI is InChI=1S/C23H23N5O/c1-3-4-15-20-25-22-19(21(29)17-11-7-5-8-12-17)16-24-28(22)23(26-20)27(2)18-13-9-6-10-14-18/h5-14,16H,3-4,15H2,1-2H3. The van der Waals surface area contributed by atoms with Crippen molar-refractivity contribution in [3.63, 3.8) is 0 Å². The Labute approximate surface area is 169 Å². The van der Waals surface area contributed by atoms with Gasteiger partial charge >= 0.3 is 0 Å². The molecule has 29 heavy (non-hydrogen) atoms. The van der Waals surface area contributed by atoms with E-state index in [-0.39, 0.29) is 5.78 Å². The summed E-state index contributed by atoms with van der Waals surface area (Å²) in [7, 11) is 1.95. The molecule has 4 rings (SSSR count). The molecule has 2 aromatic carbocycles. The van der Waals surface area contributed by atoms with E-state index >= 15 is 0 Å². The SMILES string of the molecule is CCCCc1nc(N(C)c2ccccc2)n2ncc(C(=O)c3ccccc3)c2n1. The summed E-state index contributed by atoms with van der Waals surface area (Å²) in [5, 5.41) is 4.46. The van der Waals surface area contributed by atoms with Crippen molar-refractivity contribution in [1.29, 1.82) is 0 Å². The third-order valence-corrected chi connectivity index (χ3v) is 4.88. The highest BCUT2D eigenvalue weighted by Gasteiger charge is 2.21. The number of para-hydroxylation sites is 1. The zero-order chi connectivity index (χ0) is 20.2. The molecule has 146 valence electrons. The molecule has 0 fully saturated rings. The van der Waals surface area contributed by atoms with Gasteiger partial charge in [-0.25, -0.2) is 4.98 Å². The van der Waals surface area contributed by atoms with E-state index < -0.39 is 0 Å². The van der Waals surface area contributed by atoms with Crippen LogP contribution >= 0.6 is 0 Å². The molecule has 0 unspecified atom stereocenters. The Hall–Kier alpha value is -3.54. The molecule has 0 atom stereocenters. The van der Waals surface area contributed by atoms with E-state index in [2.05, 4.69) is 12.0 Å². The molecule has 0 saturated carbocycles. The number of hydrogen-bond donors (Lipinski definition) is 0. The summed E-state index contributed by atoms with van der Waals surface area (Å²) in [5.74, 6) is 1.27. The maximum absolute atomic E-state index is 13.1. The first-order valence-corrected chi connectivity index (χ1v) is 9.82. The molecule has 0 spiro atoms. The quantitative estimate of drug-likeness (QED) is 0.439. The van der Waals surface area contributed by atoms with Crippen LogP contribution in [0.3, 0.4) is 0 Å². The number of ketones is 1. The predicted octanol–water partition coefficient (Wildman–Crippen LogP) is 4.47. The van der Waals surface area contributed by atoms with Crippen LogP contribution in [0.1, 0.15) is 41.5 Å². The molecule has 6 heteroatoms. The number of nitrogens with zero attached hydrogens (tertiary/aromatic N) is 5. The lowest BCUT2D eigenvalue weighted by Crippen LogP contribution is -2.18. The second-order valence-corrected chi connectivity index (χ2v) is 6.93. The number of aryl methyl sites for hydroxylation is 1. The van der Waals surface area contributed by atoms with E-state index in [1.54, 1.807) is 10.7 Å². The van der Waals surface area contributed by atoms with Crippen LogP contribution < -0.4 is 4.90 Å². The van der Waals surface area contributed by atoms with Gasteiger partial charge in [0.05, 0.1) is 11.8 Å². The number of carbonyl (C=O) groups is 1. The van der Waals surface area contributed by atoms with E-state index in [0.29, 0.717) is 22.7 Å². The first-order valence-electron chi connectivity index (χ1n) is 9.82. The van der Waals surface area contributed by atoms with Crippen LogP contribution in [0.5, 0.6) is 0 Å². The molecule has 0 N–H and O–H groups in total. The molecule has 6 nitrogen and oxygen atoms in total. The molecule has 0 aliphatic rings. The van der Waals surface area contributed by atoms with Crippen LogP contribution in [0.2, 0.25) is 0 Å². The van der Waals surface area contributed by atoms with Crippen molar-refractivity contribution in [1.82, 2.24) is 19.6 Å². The van der Waals surface area contributed by atoms with Gasteiger partial charge in [0, 0.05) is 24.7 Å². The van der Waals surface area contributed by atoms with Crippen molar-refractivity contribution < 1.29 is 4.79 Å². The van der Waals surface area contributed by atoms with Crippen molar-refractivity contribution in [2.75, 3.05) is 11.9 Å². The van der Waals surface area contributed by atoms with Gasteiger partial charge < -0.3 is 4.90 Å². The fourth-order valence-electron chi connectivity index (χ4n) is 3.24. The molecule has 0 saturated heterocycles. The monoisotopic (exact) mass is 385 g/mol. The van der Waals surface area contributed by atoms with Gasteiger partial charge in [0.15, 0.2) is 11.4 Å². The van der Waals surface area contributed by atoms with Crippen molar-refractivity contribution in [3.8, 4) is 0 Å². The molecule has 0 aliphatic carbocycles. The number of rotatable bonds is 7. The summed E-state index contributed by atoms with van der Waals surface area (Å²) < 4.78 is 1.65. The van der Waals surface area contributed by atoms with Gasteiger partial charge in [-0.1, -0.05) is 61.9 Å². The van der Waals surface area contributed by atoms with Gasteiger partial charge in [0.1, 0.15) is 5.82 Å². The lowest BCUT2D eigenvalue weighted by molar-refractivity contribution is 0.104. The minimum atomic E-state index is -0.0888. The molecule has 0 bridgehead atoms. The Morgan fingerprint density at radius 2 is 1.69 bits per heavy atom. The highest BCUT2D eigenvalue weighted by molar-refractivity contribution is 6.12. The van der Waals surface area contributed by atoms with Crippen molar-refractivity contribution in [2.45, 2.75) is 26.2 Å². The smallest absolute Gasteiger partial charge is 0.234 e. The lowest BCUT2D eigenvalue weighted by Gasteiger charge is -2.19. The van der Waals surface area contributed by atoms with Crippen molar-refractivity contribution >= 4 is 23.1 Å². The summed E-state index contributed by atoms with van der Waals surface area (Å²) in [6.45, 7) is 2.14. The molecule has 2 heterocycles. The molecular formula is C23H23N5O. The Balaban J connectivity index is 1.85. The third-order valence-electron chi connectivity index (χ3n) is 4.88. The average molecular weight is 385 g/mol. The number of fused-ring (bicyclic) bond motifs is 1. The Morgan fingerprint density at radius 1 is 1.00 bits per heavy atom.